The quantitative estimate of drug-likeness (QED) is 0.810. The molecular formula is C17H27NO3. The third kappa shape index (κ3) is 4.70. The van der Waals surface area contributed by atoms with Crippen LogP contribution >= 0.6 is 0 Å². The summed E-state index contributed by atoms with van der Waals surface area (Å²) in [5.74, 6) is 0.791. The summed E-state index contributed by atoms with van der Waals surface area (Å²) in [7, 11) is 1.65. The number of benzene rings is 1. The van der Waals surface area contributed by atoms with Crippen molar-refractivity contribution in [1.29, 1.82) is 0 Å². The highest BCUT2D eigenvalue weighted by molar-refractivity contribution is 5.30. The molecule has 3 atom stereocenters. The van der Waals surface area contributed by atoms with E-state index in [2.05, 4.69) is 0 Å². The molecule has 0 aliphatic carbocycles. The van der Waals surface area contributed by atoms with Crippen molar-refractivity contribution in [3.63, 3.8) is 0 Å². The van der Waals surface area contributed by atoms with Crippen molar-refractivity contribution in [2.24, 2.45) is 5.73 Å². The summed E-state index contributed by atoms with van der Waals surface area (Å²) in [5, 5.41) is 10.5. The average Bonchev–Trinajstić information content (AvgIpc) is 2.55. The smallest absolute Gasteiger partial charge is 0.118 e. The van der Waals surface area contributed by atoms with Gasteiger partial charge in [-0.15, -0.1) is 0 Å². The summed E-state index contributed by atoms with van der Waals surface area (Å²) < 4.78 is 10.9. The predicted octanol–water partition coefficient (Wildman–Crippen LogP) is 2.45. The average molecular weight is 293 g/mol. The van der Waals surface area contributed by atoms with Crippen LogP contribution in [0.5, 0.6) is 5.75 Å². The van der Waals surface area contributed by atoms with Crippen LogP contribution in [0, 0.1) is 0 Å². The third-order valence-electron chi connectivity index (χ3n) is 4.32. The van der Waals surface area contributed by atoms with Crippen LogP contribution in [0.15, 0.2) is 24.3 Å². The summed E-state index contributed by atoms with van der Waals surface area (Å²) in [6, 6.07) is 7.79. The summed E-state index contributed by atoms with van der Waals surface area (Å²) in [6.07, 6.45) is 5.04. The van der Waals surface area contributed by atoms with E-state index in [0.717, 1.165) is 43.6 Å². The normalized spacial score (nSPS) is 21.8. The molecule has 0 aromatic heterocycles. The minimum Gasteiger partial charge on any atom is -0.497 e. The lowest BCUT2D eigenvalue weighted by Gasteiger charge is -2.26. The summed E-state index contributed by atoms with van der Waals surface area (Å²) in [6.45, 7) is 1.30. The van der Waals surface area contributed by atoms with E-state index >= 15 is 0 Å². The molecule has 1 aliphatic heterocycles. The molecule has 4 nitrogen and oxygen atoms in total. The molecular weight excluding hydrogens is 266 g/mol. The molecule has 2 rings (SSSR count). The van der Waals surface area contributed by atoms with E-state index in [1.807, 2.05) is 24.3 Å². The van der Waals surface area contributed by atoms with Gasteiger partial charge in [0.25, 0.3) is 0 Å². The predicted molar refractivity (Wildman–Crippen MR) is 83.6 cm³/mol. The van der Waals surface area contributed by atoms with E-state index < -0.39 is 6.10 Å². The van der Waals surface area contributed by atoms with Crippen molar-refractivity contribution in [2.45, 2.75) is 50.2 Å². The molecule has 1 heterocycles. The van der Waals surface area contributed by atoms with E-state index in [4.69, 9.17) is 15.2 Å². The maximum Gasteiger partial charge on any atom is 0.118 e. The first-order valence-corrected chi connectivity index (χ1v) is 7.88. The van der Waals surface area contributed by atoms with Crippen molar-refractivity contribution in [3.05, 3.63) is 29.8 Å². The zero-order valence-corrected chi connectivity index (χ0v) is 12.8. The second kappa shape index (κ2) is 8.37. The fourth-order valence-corrected chi connectivity index (χ4v) is 2.96. The molecule has 118 valence electrons. The van der Waals surface area contributed by atoms with Gasteiger partial charge in [-0.05, 0) is 49.8 Å². The number of ether oxygens (including phenoxy) is 2. The Morgan fingerprint density at radius 2 is 2.10 bits per heavy atom. The number of methoxy groups -OCH3 is 1. The van der Waals surface area contributed by atoms with Gasteiger partial charge < -0.3 is 20.3 Å². The minimum atomic E-state index is -0.422. The molecule has 3 unspecified atom stereocenters. The molecule has 0 radical (unpaired) electrons. The molecule has 4 heteroatoms. The Hall–Kier alpha value is -1.10. The van der Waals surface area contributed by atoms with Gasteiger partial charge in [-0.1, -0.05) is 12.1 Å². The Morgan fingerprint density at radius 3 is 2.67 bits per heavy atom. The minimum absolute atomic E-state index is 0.0282. The zero-order chi connectivity index (χ0) is 15.1. The molecule has 0 spiro atoms. The number of rotatable bonds is 7. The largest absolute Gasteiger partial charge is 0.497 e. The number of aliphatic hydroxyl groups excluding tert-OH is 1. The zero-order valence-electron chi connectivity index (χ0n) is 12.8. The number of aliphatic hydroxyl groups is 1. The highest BCUT2D eigenvalue weighted by Gasteiger charge is 2.22. The summed E-state index contributed by atoms with van der Waals surface area (Å²) in [4.78, 5) is 0. The molecule has 1 saturated heterocycles. The Morgan fingerprint density at radius 1 is 1.33 bits per heavy atom. The van der Waals surface area contributed by atoms with E-state index in [9.17, 15) is 5.11 Å². The van der Waals surface area contributed by atoms with Gasteiger partial charge in [-0.2, -0.15) is 0 Å². The van der Waals surface area contributed by atoms with Crippen LogP contribution in [0.1, 0.15) is 43.6 Å². The number of nitrogens with two attached hydrogens (primary N) is 1. The van der Waals surface area contributed by atoms with Crippen LogP contribution in [0.2, 0.25) is 0 Å². The van der Waals surface area contributed by atoms with Gasteiger partial charge in [0.1, 0.15) is 5.75 Å². The fourth-order valence-electron chi connectivity index (χ4n) is 2.96. The second-order valence-corrected chi connectivity index (χ2v) is 5.75. The molecule has 21 heavy (non-hydrogen) atoms. The first-order chi connectivity index (χ1) is 10.2. The van der Waals surface area contributed by atoms with Crippen molar-refractivity contribution in [2.75, 3.05) is 20.3 Å². The van der Waals surface area contributed by atoms with Gasteiger partial charge >= 0.3 is 0 Å². The fraction of sp³-hybridized carbons (Fsp3) is 0.647. The first kappa shape index (κ1) is 16.3. The van der Waals surface area contributed by atoms with Gasteiger partial charge in [-0.25, -0.2) is 0 Å². The van der Waals surface area contributed by atoms with Crippen molar-refractivity contribution < 1.29 is 14.6 Å². The highest BCUT2D eigenvalue weighted by Crippen LogP contribution is 2.26. The lowest BCUT2D eigenvalue weighted by atomic mass is 9.89. The Balaban J connectivity index is 1.88. The van der Waals surface area contributed by atoms with Crippen LogP contribution < -0.4 is 10.5 Å². The molecule has 0 saturated carbocycles. The Labute approximate surface area is 127 Å². The first-order valence-electron chi connectivity index (χ1n) is 7.88. The van der Waals surface area contributed by atoms with Crippen LogP contribution in [0.3, 0.4) is 0 Å². The Bertz CT molecular complexity index is 401. The van der Waals surface area contributed by atoms with Gasteiger partial charge in [0.15, 0.2) is 0 Å². The third-order valence-corrected chi connectivity index (χ3v) is 4.32. The van der Waals surface area contributed by atoms with E-state index in [-0.39, 0.29) is 5.92 Å². The SMILES string of the molecule is COc1ccc(C(CN)C(O)CCC2CCCCO2)cc1. The van der Waals surface area contributed by atoms with Crippen LogP contribution in [0.25, 0.3) is 0 Å². The molecule has 0 bridgehead atoms. The summed E-state index contributed by atoms with van der Waals surface area (Å²) >= 11 is 0. The molecule has 1 fully saturated rings. The van der Waals surface area contributed by atoms with E-state index in [0.29, 0.717) is 12.6 Å². The summed E-state index contributed by atoms with van der Waals surface area (Å²) in [5.41, 5.74) is 6.93. The van der Waals surface area contributed by atoms with Gasteiger partial charge in [0.05, 0.1) is 19.3 Å². The number of hydrogen-bond donors (Lipinski definition) is 2. The second-order valence-electron chi connectivity index (χ2n) is 5.75. The molecule has 1 aliphatic rings. The van der Waals surface area contributed by atoms with Crippen molar-refractivity contribution in [1.82, 2.24) is 0 Å². The molecule has 1 aromatic carbocycles. The van der Waals surface area contributed by atoms with E-state index in [1.54, 1.807) is 7.11 Å². The topological polar surface area (TPSA) is 64.7 Å². The van der Waals surface area contributed by atoms with Gasteiger partial charge in [-0.3, -0.25) is 0 Å². The lowest BCUT2D eigenvalue weighted by Crippen LogP contribution is -2.28. The van der Waals surface area contributed by atoms with Crippen LogP contribution in [-0.2, 0) is 4.74 Å². The Kier molecular flexibility index (Phi) is 6.49. The van der Waals surface area contributed by atoms with Crippen molar-refractivity contribution >= 4 is 0 Å². The highest BCUT2D eigenvalue weighted by atomic mass is 16.5. The van der Waals surface area contributed by atoms with Gasteiger partial charge in [0.2, 0.25) is 0 Å². The van der Waals surface area contributed by atoms with Gasteiger partial charge in [0, 0.05) is 19.1 Å². The lowest BCUT2D eigenvalue weighted by molar-refractivity contribution is 0.000431. The maximum absolute atomic E-state index is 10.5. The molecule has 0 amide bonds. The standard InChI is InChI=1S/C17H27NO3/c1-20-14-7-5-13(6-8-14)16(12-18)17(19)10-9-15-4-2-3-11-21-15/h5-8,15-17,19H,2-4,9-12,18H2,1H3. The number of hydrogen-bond acceptors (Lipinski definition) is 4. The van der Waals surface area contributed by atoms with E-state index in [1.165, 1.54) is 6.42 Å². The van der Waals surface area contributed by atoms with Crippen LogP contribution in [0.4, 0.5) is 0 Å². The maximum atomic E-state index is 10.5. The van der Waals surface area contributed by atoms with Crippen molar-refractivity contribution in [3.8, 4) is 5.75 Å². The molecule has 3 N–H and O–H groups in total. The monoisotopic (exact) mass is 293 g/mol. The molecule has 1 aromatic rings. The van der Waals surface area contributed by atoms with Crippen LogP contribution in [-0.4, -0.2) is 37.6 Å².